The highest BCUT2D eigenvalue weighted by Gasteiger charge is 2.15. The molecule has 0 saturated heterocycles. The van der Waals surface area contributed by atoms with Gasteiger partial charge in [-0.3, -0.25) is 14.4 Å². The van der Waals surface area contributed by atoms with E-state index in [1.54, 1.807) is 18.2 Å². The van der Waals surface area contributed by atoms with Crippen molar-refractivity contribution in [3.63, 3.8) is 0 Å². The molecule has 0 heterocycles. The quantitative estimate of drug-likeness (QED) is 0.464. The number of nitrogens with one attached hydrogen (secondary N) is 2. The summed E-state index contributed by atoms with van der Waals surface area (Å²) in [4.78, 5) is 36.3. The van der Waals surface area contributed by atoms with Crippen molar-refractivity contribution < 1.29 is 19.1 Å². The van der Waals surface area contributed by atoms with Crippen molar-refractivity contribution in [1.82, 2.24) is 5.32 Å². The van der Waals surface area contributed by atoms with E-state index < -0.39 is 0 Å². The normalized spacial score (nSPS) is 11.6. The number of carbonyl (C=O) groups excluding carboxylic acids is 3. The van der Waals surface area contributed by atoms with Crippen LogP contribution in [0.3, 0.4) is 0 Å². The fourth-order valence-corrected chi connectivity index (χ4v) is 3.45. The molecule has 3 rings (SSSR count). The van der Waals surface area contributed by atoms with E-state index in [4.69, 9.17) is 4.74 Å². The topological polar surface area (TPSA) is 84.5 Å². The minimum Gasteiger partial charge on any atom is -0.483 e. The number of fused-ring (bicyclic) bond motifs is 1. The lowest BCUT2D eigenvalue weighted by molar-refractivity contribution is -0.123. The second-order valence-corrected chi connectivity index (χ2v) is 7.75. The number of hydrogen-bond acceptors (Lipinski definition) is 4. The largest absolute Gasteiger partial charge is 0.483 e. The number of ether oxygens (including phenoxy) is 1. The first-order valence-electron chi connectivity index (χ1n) is 10.7. The maximum atomic E-state index is 12.5. The molecule has 3 aromatic carbocycles. The van der Waals surface area contributed by atoms with E-state index in [9.17, 15) is 14.4 Å². The minimum atomic E-state index is -0.291. The lowest BCUT2D eigenvalue weighted by Gasteiger charge is -2.16. The number of Topliss-reactive ketones (excluding diaryl/α,β-unsaturated/α-hetero) is 1. The number of rotatable bonds is 9. The third kappa shape index (κ3) is 5.94. The van der Waals surface area contributed by atoms with Gasteiger partial charge in [-0.2, -0.15) is 0 Å². The van der Waals surface area contributed by atoms with E-state index in [0.717, 1.165) is 22.8 Å². The molecule has 0 aliphatic heterocycles. The molecule has 0 saturated carbocycles. The van der Waals surface area contributed by atoms with Crippen LogP contribution in [0.1, 0.15) is 55.6 Å². The van der Waals surface area contributed by atoms with Crippen molar-refractivity contribution in [3.8, 4) is 5.75 Å². The minimum absolute atomic E-state index is 0.113. The highest BCUT2D eigenvalue weighted by Crippen LogP contribution is 2.24. The molecule has 3 aromatic rings. The molecule has 166 valence electrons. The molecule has 0 spiro atoms. The van der Waals surface area contributed by atoms with Crippen molar-refractivity contribution in [3.05, 3.63) is 71.8 Å². The van der Waals surface area contributed by atoms with Gasteiger partial charge in [-0.05, 0) is 60.9 Å². The van der Waals surface area contributed by atoms with Crippen LogP contribution in [0.4, 0.5) is 5.69 Å². The smallest absolute Gasteiger partial charge is 0.258 e. The molecular weight excluding hydrogens is 404 g/mol. The number of benzene rings is 3. The molecule has 1 atom stereocenters. The molecule has 0 radical (unpaired) electrons. The molecule has 2 amide bonds. The molecule has 6 nitrogen and oxygen atoms in total. The van der Waals surface area contributed by atoms with Crippen molar-refractivity contribution in [1.29, 1.82) is 0 Å². The predicted octanol–water partition coefficient (Wildman–Crippen LogP) is 5.04. The Balaban J connectivity index is 1.62. The van der Waals surface area contributed by atoms with E-state index >= 15 is 0 Å². The Kier molecular flexibility index (Phi) is 7.60. The summed E-state index contributed by atoms with van der Waals surface area (Å²) in [6.07, 6.45) is 1.14. The van der Waals surface area contributed by atoms with Gasteiger partial charge in [-0.1, -0.05) is 43.3 Å². The molecule has 0 fully saturated rings. The average Bonchev–Trinajstić information content (AvgIpc) is 2.77. The molecule has 0 unspecified atom stereocenters. The summed E-state index contributed by atoms with van der Waals surface area (Å²) in [6.45, 7) is 5.03. The molecule has 0 aliphatic carbocycles. The van der Waals surface area contributed by atoms with Crippen molar-refractivity contribution in [2.75, 3.05) is 11.9 Å². The molecule has 32 heavy (non-hydrogen) atoms. The average molecular weight is 433 g/mol. The standard InChI is InChI=1S/C26H28N2O4/c1-4-7-25(30)28-22-12-13-24(23(15-22)18(3)29)32-16-26(31)27-17(2)20-11-10-19-8-5-6-9-21(19)14-20/h5-6,8-15,17H,4,7,16H2,1-3H3,(H,27,31)(H,28,30)/t17-/m0/s1. The number of hydrogen-bond donors (Lipinski definition) is 2. The predicted molar refractivity (Wildman–Crippen MR) is 126 cm³/mol. The van der Waals surface area contributed by atoms with Gasteiger partial charge in [0.1, 0.15) is 5.75 Å². The maximum absolute atomic E-state index is 12.5. The summed E-state index contributed by atoms with van der Waals surface area (Å²) in [5, 5.41) is 7.94. The Morgan fingerprint density at radius 1 is 0.938 bits per heavy atom. The molecule has 6 heteroatoms. The SMILES string of the molecule is CCCC(=O)Nc1ccc(OCC(=O)N[C@@H](C)c2ccc3ccccc3c2)c(C(C)=O)c1. The van der Waals surface area contributed by atoms with Gasteiger partial charge in [0.05, 0.1) is 11.6 Å². The van der Waals surface area contributed by atoms with Crippen molar-refractivity contribution >= 4 is 34.1 Å². The Bertz CT molecular complexity index is 1140. The van der Waals surface area contributed by atoms with Crippen LogP contribution in [-0.2, 0) is 9.59 Å². The zero-order valence-corrected chi connectivity index (χ0v) is 18.6. The summed E-state index contributed by atoms with van der Waals surface area (Å²) in [5.74, 6) is -0.311. The van der Waals surface area contributed by atoms with Crippen LogP contribution in [0.15, 0.2) is 60.7 Å². The second-order valence-electron chi connectivity index (χ2n) is 7.75. The first-order chi connectivity index (χ1) is 15.4. The fourth-order valence-electron chi connectivity index (χ4n) is 3.45. The lowest BCUT2D eigenvalue weighted by atomic mass is 10.0. The van der Waals surface area contributed by atoms with Gasteiger partial charge >= 0.3 is 0 Å². The van der Waals surface area contributed by atoms with E-state index in [1.807, 2.05) is 50.2 Å². The van der Waals surface area contributed by atoms with E-state index in [1.165, 1.54) is 6.92 Å². The summed E-state index contributed by atoms with van der Waals surface area (Å²) < 4.78 is 5.63. The summed E-state index contributed by atoms with van der Waals surface area (Å²) in [6, 6.07) is 18.8. The van der Waals surface area contributed by atoms with Crippen LogP contribution in [0.5, 0.6) is 5.75 Å². The van der Waals surface area contributed by atoms with Gasteiger partial charge in [0.15, 0.2) is 12.4 Å². The molecule has 0 aliphatic rings. The molecular formula is C26H28N2O4. The summed E-state index contributed by atoms with van der Waals surface area (Å²) in [5.41, 5.74) is 1.83. The third-order valence-corrected chi connectivity index (χ3v) is 5.13. The Hall–Kier alpha value is -3.67. The van der Waals surface area contributed by atoms with Crippen LogP contribution >= 0.6 is 0 Å². The highest BCUT2D eigenvalue weighted by molar-refractivity contribution is 5.99. The zero-order valence-electron chi connectivity index (χ0n) is 18.6. The molecule has 0 bridgehead atoms. The fraction of sp³-hybridized carbons (Fsp3) is 0.269. The van der Waals surface area contributed by atoms with Crippen LogP contribution < -0.4 is 15.4 Å². The van der Waals surface area contributed by atoms with E-state index in [0.29, 0.717) is 23.4 Å². The zero-order chi connectivity index (χ0) is 23.1. The number of amides is 2. The third-order valence-electron chi connectivity index (χ3n) is 5.13. The van der Waals surface area contributed by atoms with Crippen molar-refractivity contribution in [2.24, 2.45) is 0 Å². The van der Waals surface area contributed by atoms with E-state index in [2.05, 4.69) is 16.7 Å². The van der Waals surface area contributed by atoms with Gasteiger partial charge in [0.2, 0.25) is 5.91 Å². The highest BCUT2D eigenvalue weighted by atomic mass is 16.5. The lowest BCUT2D eigenvalue weighted by Crippen LogP contribution is -2.31. The first-order valence-corrected chi connectivity index (χ1v) is 10.7. The van der Waals surface area contributed by atoms with Gasteiger partial charge in [0, 0.05) is 12.1 Å². The van der Waals surface area contributed by atoms with Crippen LogP contribution in [0.25, 0.3) is 10.8 Å². The number of carbonyl (C=O) groups is 3. The summed E-state index contributed by atoms with van der Waals surface area (Å²) >= 11 is 0. The Morgan fingerprint density at radius 2 is 1.69 bits per heavy atom. The monoisotopic (exact) mass is 432 g/mol. The second kappa shape index (κ2) is 10.6. The Morgan fingerprint density at radius 3 is 2.41 bits per heavy atom. The maximum Gasteiger partial charge on any atom is 0.258 e. The van der Waals surface area contributed by atoms with Crippen molar-refractivity contribution in [2.45, 2.75) is 39.7 Å². The number of ketones is 1. The van der Waals surface area contributed by atoms with Crippen LogP contribution in [0, 0.1) is 0 Å². The van der Waals surface area contributed by atoms with Gasteiger partial charge < -0.3 is 15.4 Å². The number of anilines is 1. The van der Waals surface area contributed by atoms with Gasteiger partial charge in [-0.15, -0.1) is 0 Å². The van der Waals surface area contributed by atoms with Gasteiger partial charge in [-0.25, -0.2) is 0 Å². The molecule has 2 N–H and O–H groups in total. The molecule has 0 aromatic heterocycles. The Labute approximate surface area is 188 Å². The first kappa shape index (κ1) is 23.0. The van der Waals surface area contributed by atoms with E-state index in [-0.39, 0.29) is 30.2 Å². The summed E-state index contributed by atoms with van der Waals surface area (Å²) in [7, 11) is 0. The van der Waals surface area contributed by atoms with Crippen LogP contribution in [0.2, 0.25) is 0 Å². The van der Waals surface area contributed by atoms with Gasteiger partial charge in [0.25, 0.3) is 5.91 Å². The van der Waals surface area contributed by atoms with Crippen LogP contribution in [-0.4, -0.2) is 24.2 Å².